The Hall–Kier alpha value is -2.27. The Kier molecular flexibility index (Phi) is 3.42. The third-order valence-corrected chi connectivity index (χ3v) is 2.29. The van der Waals surface area contributed by atoms with E-state index in [0.717, 1.165) is 10.8 Å². The number of amides is 2. The van der Waals surface area contributed by atoms with Crippen LogP contribution < -0.4 is 11.3 Å². The Balaban J connectivity index is 1.96. The van der Waals surface area contributed by atoms with Gasteiger partial charge in [0.1, 0.15) is 0 Å². The maximum Gasteiger partial charge on any atom is 0.357 e. The number of hydrogen-bond acceptors (Lipinski definition) is 3. The quantitative estimate of drug-likeness (QED) is 0.462. The van der Waals surface area contributed by atoms with Crippen LogP contribution in [0.4, 0.5) is 10.5 Å². The van der Waals surface area contributed by atoms with Gasteiger partial charge in [0, 0.05) is 12.7 Å². The maximum absolute atomic E-state index is 11.9. The van der Waals surface area contributed by atoms with Crippen LogP contribution in [0.15, 0.2) is 54.8 Å². The van der Waals surface area contributed by atoms with Crippen molar-refractivity contribution in [3.05, 3.63) is 54.8 Å². The lowest BCUT2D eigenvalue weighted by Gasteiger charge is -2.25. The highest BCUT2D eigenvalue weighted by Crippen LogP contribution is 2.07. The fourth-order valence-corrected chi connectivity index (χ4v) is 1.45. The van der Waals surface area contributed by atoms with Crippen molar-refractivity contribution in [2.75, 3.05) is 12.0 Å². The van der Waals surface area contributed by atoms with Crippen LogP contribution in [0.3, 0.4) is 0 Å². The molecule has 0 saturated heterocycles. The Morgan fingerprint density at radius 1 is 1.29 bits per heavy atom. The van der Waals surface area contributed by atoms with Gasteiger partial charge in [-0.2, -0.15) is 5.12 Å². The van der Waals surface area contributed by atoms with Crippen LogP contribution in [-0.4, -0.2) is 22.6 Å². The number of nitrogens with one attached hydrogen (secondary N) is 1. The van der Waals surface area contributed by atoms with E-state index in [1.807, 2.05) is 42.5 Å². The summed E-state index contributed by atoms with van der Waals surface area (Å²) < 4.78 is 0. The van der Waals surface area contributed by atoms with Crippen molar-refractivity contribution in [1.82, 2.24) is 10.0 Å². The second-order valence-corrected chi connectivity index (χ2v) is 3.55. The van der Waals surface area contributed by atoms with E-state index in [4.69, 9.17) is 5.84 Å². The molecule has 1 aromatic carbocycles. The first-order chi connectivity index (χ1) is 8.27. The van der Waals surface area contributed by atoms with E-state index in [-0.39, 0.29) is 6.03 Å². The zero-order chi connectivity index (χ0) is 12.1. The van der Waals surface area contributed by atoms with Crippen molar-refractivity contribution in [2.45, 2.75) is 0 Å². The number of carbonyl (C=O) groups is 1. The molecule has 0 saturated carbocycles. The number of hydrazine groups is 2. The summed E-state index contributed by atoms with van der Waals surface area (Å²) in [4.78, 5) is 13.4. The van der Waals surface area contributed by atoms with Gasteiger partial charge in [0.05, 0.1) is 5.69 Å². The molecule has 0 bridgehead atoms. The molecule has 0 aromatic heterocycles. The molecule has 0 spiro atoms. The SMILES string of the molecule is NN(Nc1ccccc1)C(=O)N1C=CC=CC1. The Morgan fingerprint density at radius 3 is 2.71 bits per heavy atom. The number of hydrogen-bond donors (Lipinski definition) is 2. The van der Waals surface area contributed by atoms with E-state index < -0.39 is 0 Å². The molecule has 2 amide bonds. The summed E-state index contributed by atoms with van der Waals surface area (Å²) in [5.74, 6) is 5.65. The van der Waals surface area contributed by atoms with Crippen molar-refractivity contribution in [3.8, 4) is 0 Å². The summed E-state index contributed by atoms with van der Waals surface area (Å²) in [7, 11) is 0. The van der Waals surface area contributed by atoms with Crippen molar-refractivity contribution < 1.29 is 4.79 Å². The predicted molar refractivity (Wildman–Crippen MR) is 66.5 cm³/mol. The van der Waals surface area contributed by atoms with Gasteiger partial charge in [-0.25, -0.2) is 10.6 Å². The molecule has 1 aromatic rings. The molecule has 1 aliphatic rings. The molecule has 3 N–H and O–H groups in total. The van der Waals surface area contributed by atoms with Crippen molar-refractivity contribution in [3.63, 3.8) is 0 Å². The summed E-state index contributed by atoms with van der Waals surface area (Å²) in [6, 6.07) is 8.98. The van der Waals surface area contributed by atoms with Crippen LogP contribution >= 0.6 is 0 Å². The Morgan fingerprint density at radius 2 is 2.06 bits per heavy atom. The van der Waals surface area contributed by atoms with Gasteiger partial charge in [0.15, 0.2) is 0 Å². The van der Waals surface area contributed by atoms with E-state index in [1.54, 1.807) is 12.3 Å². The predicted octanol–water partition coefficient (Wildman–Crippen LogP) is 1.69. The Bertz CT molecular complexity index is 441. The molecule has 1 aliphatic heterocycles. The van der Waals surface area contributed by atoms with Gasteiger partial charge in [0.2, 0.25) is 0 Å². The molecule has 0 fully saturated rings. The maximum atomic E-state index is 11.9. The number of allylic oxidation sites excluding steroid dienone is 2. The molecule has 0 radical (unpaired) electrons. The number of carbonyl (C=O) groups excluding carboxylic acids is 1. The topological polar surface area (TPSA) is 61.6 Å². The second-order valence-electron chi connectivity index (χ2n) is 3.55. The molecule has 88 valence electrons. The first-order valence-electron chi connectivity index (χ1n) is 5.28. The lowest BCUT2D eigenvalue weighted by molar-refractivity contribution is 0.183. The molecular formula is C12H14N4O. The highest BCUT2D eigenvalue weighted by atomic mass is 16.2. The monoisotopic (exact) mass is 230 g/mol. The summed E-state index contributed by atoms with van der Waals surface area (Å²) in [5, 5.41) is 0.971. The molecule has 2 rings (SSSR count). The lowest BCUT2D eigenvalue weighted by atomic mass is 10.3. The number of nitrogens with two attached hydrogens (primary N) is 1. The molecule has 5 heteroatoms. The van der Waals surface area contributed by atoms with Gasteiger partial charge in [-0.05, 0) is 18.2 Å². The number of nitrogens with zero attached hydrogens (tertiary/aromatic N) is 2. The van der Waals surface area contributed by atoms with Crippen LogP contribution in [0.5, 0.6) is 0 Å². The van der Waals surface area contributed by atoms with E-state index >= 15 is 0 Å². The fourth-order valence-electron chi connectivity index (χ4n) is 1.45. The highest BCUT2D eigenvalue weighted by Gasteiger charge is 2.16. The zero-order valence-corrected chi connectivity index (χ0v) is 9.28. The average molecular weight is 230 g/mol. The summed E-state index contributed by atoms with van der Waals surface area (Å²) >= 11 is 0. The minimum atomic E-state index is -0.311. The number of urea groups is 1. The van der Waals surface area contributed by atoms with Crippen molar-refractivity contribution >= 4 is 11.7 Å². The minimum Gasteiger partial charge on any atom is -0.295 e. The number of benzene rings is 1. The van der Waals surface area contributed by atoms with Gasteiger partial charge in [-0.3, -0.25) is 10.3 Å². The molecular weight excluding hydrogens is 216 g/mol. The average Bonchev–Trinajstić information content (AvgIpc) is 2.40. The van der Waals surface area contributed by atoms with Crippen molar-refractivity contribution in [2.24, 2.45) is 5.84 Å². The largest absolute Gasteiger partial charge is 0.357 e. The van der Waals surface area contributed by atoms with E-state index in [2.05, 4.69) is 5.43 Å². The smallest absolute Gasteiger partial charge is 0.295 e. The van der Waals surface area contributed by atoms with Gasteiger partial charge in [-0.1, -0.05) is 30.4 Å². The molecule has 5 nitrogen and oxygen atoms in total. The first kappa shape index (κ1) is 11.2. The van der Waals surface area contributed by atoms with Gasteiger partial charge in [-0.15, -0.1) is 0 Å². The number of rotatable bonds is 2. The molecule has 0 unspecified atom stereocenters. The summed E-state index contributed by atoms with van der Waals surface area (Å²) in [5.41, 5.74) is 3.56. The molecule has 1 heterocycles. The van der Waals surface area contributed by atoms with Gasteiger partial charge in [0.25, 0.3) is 0 Å². The number of anilines is 1. The summed E-state index contributed by atoms with van der Waals surface area (Å²) in [6.07, 6.45) is 7.25. The van der Waals surface area contributed by atoms with Gasteiger partial charge < -0.3 is 0 Å². The molecule has 0 atom stereocenters. The van der Waals surface area contributed by atoms with Crippen LogP contribution in [0.2, 0.25) is 0 Å². The van der Waals surface area contributed by atoms with E-state index in [0.29, 0.717) is 6.54 Å². The van der Waals surface area contributed by atoms with Crippen molar-refractivity contribution in [1.29, 1.82) is 0 Å². The van der Waals surface area contributed by atoms with Crippen LogP contribution in [0, 0.1) is 0 Å². The number of para-hydroxylation sites is 1. The molecule has 17 heavy (non-hydrogen) atoms. The van der Waals surface area contributed by atoms with Crippen LogP contribution in [-0.2, 0) is 0 Å². The van der Waals surface area contributed by atoms with Gasteiger partial charge >= 0.3 is 6.03 Å². The Labute approximate surface area is 99.7 Å². The summed E-state index contributed by atoms with van der Waals surface area (Å²) in [6.45, 7) is 0.527. The minimum absolute atomic E-state index is 0.311. The van der Waals surface area contributed by atoms with Crippen LogP contribution in [0.25, 0.3) is 0 Å². The second kappa shape index (κ2) is 5.18. The van der Waals surface area contributed by atoms with Crippen LogP contribution in [0.1, 0.15) is 0 Å². The third-order valence-electron chi connectivity index (χ3n) is 2.29. The highest BCUT2D eigenvalue weighted by molar-refractivity contribution is 5.76. The third kappa shape index (κ3) is 2.85. The normalized spacial score (nSPS) is 13.6. The lowest BCUT2D eigenvalue weighted by Crippen LogP contribution is -2.48. The fraction of sp³-hybridized carbons (Fsp3) is 0.0833. The first-order valence-corrected chi connectivity index (χ1v) is 5.28. The standard InChI is InChI=1S/C12H14N4O/c13-16(14-11-7-3-1-4-8-11)12(17)15-9-5-2-6-10-15/h1-9,14H,10,13H2. The zero-order valence-electron chi connectivity index (χ0n) is 9.28. The molecule has 0 aliphatic carbocycles. The van der Waals surface area contributed by atoms with E-state index in [9.17, 15) is 4.79 Å². The van der Waals surface area contributed by atoms with E-state index in [1.165, 1.54) is 4.90 Å².